The first-order valence-electron chi connectivity index (χ1n) is 9.83. The van der Waals surface area contributed by atoms with Gasteiger partial charge in [-0.05, 0) is 43.2 Å². The molecular formula is C24H23N5O. The molecule has 0 spiro atoms. The van der Waals surface area contributed by atoms with Crippen LogP contribution >= 0.6 is 0 Å². The maximum atomic E-state index is 12.9. The predicted octanol–water partition coefficient (Wildman–Crippen LogP) is 5.00. The molecule has 1 aromatic heterocycles. The summed E-state index contributed by atoms with van der Waals surface area (Å²) < 4.78 is 1.64. The second-order valence-corrected chi connectivity index (χ2v) is 7.05. The fourth-order valence-corrected chi connectivity index (χ4v) is 3.22. The fraction of sp³-hybridized carbons (Fsp3) is 0.125. The van der Waals surface area contributed by atoms with Gasteiger partial charge in [-0.25, -0.2) is 0 Å². The lowest BCUT2D eigenvalue weighted by Gasteiger charge is -2.12. The van der Waals surface area contributed by atoms with E-state index in [1.807, 2.05) is 92.7 Å². The first kappa shape index (κ1) is 19.4. The first-order valence-corrected chi connectivity index (χ1v) is 9.83. The van der Waals surface area contributed by atoms with Crippen LogP contribution in [0.25, 0.3) is 5.69 Å². The lowest BCUT2D eigenvalue weighted by Crippen LogP contribution is -2.16. The summed E-state index contributed by atoms with van der Waals surface area (Å²) in [5, 5.41) is 10.8. The molecule has 0 aliphatic rings. The molecule has 1 heterocycles. The largest absolute Gasteiger partial charge is 0.346 e. The Morgan fingerprint density at radius 3 is 2.23 bits per heavy atom. The molecule has 30 heavy (non-hydrogen) atoms. The molecule has 0 unspecified atom stereocenters. The number of anilines is 2. The zero-order valence-electron chi connectivity index (χ0n) is 16.9. The Morgan fingerprint density at radius 2 is 1.53 bits per heavy atom. The van der Waals surface area contributed by atoms with Crippen molar-refractivity contribution in [2.45, 2.75) is 19.9 Å². The van der Waals surface area contributed by atoms with Gasteiger partial charge in [0.15, 0.2) is 0 Å². The van der Waals surface area contributed by atoms with Gasteiger partial charge in [0.25, 0.3) is 5.91 Å². The molecule has 1 atom stereocenters. The molecule has 0 aliphatic carbocycles. The highest BCUT2D eigenvalue weighted by Gasteiger charge is 2.17. The highest BCUT2D eigenvalue weighted by atomic mass is 16.1. The van der Waals surface area contributed by atoms with Gasteiger partial charge in [0.1, 0.15) is 0 Å². The molecule has 0 aliphatic heterocycles. The number of amides is 1. The molecule has 4 aromatic rings. The van der Waals surface area contributed by atoms with Crippen LogP contribution in [0, 0.1) is 6.92 Å². The average molecular weight is 397 g/mol. The maximum Gasteiger partial charge on any atom is 0.258 e. The summed E-state index contributed by atoms with van der Waals surface area (Å²) in [5.41, 5.74) is 3.44. The smallest absolute Gasteiger partial charge is 0.258 e. The Kier molecular flexibility index (Phi) is 5.57. The van der Waals surface area contributed by atoms with Crippen LogP contribution in [-0.4, -0.2) is 20.7 Å². The third-order valence-corrected chi connectivity index (χ3v) is 4.87. The second kappa shape index (κ2) is 8.61. The van der Waals surface area contributed by atoms with Crippen molar-refractivity contribution in [2.24, 2.45) is 0 Å². The number of para-hydroxylation sites is 1. The van der Waals surface area contributed by atoms with E-state index in [0.29, 0.717) is 17.5 Å². The van der Waals surface area contributed by atoms with E-state index < -0.39 is 0 Å². The van der Waals surface area contributed by atoms with Crippen molar-refractivity contribution in [3.63, 3.8) is 0 Å². The number of aromatic nitrogens is 3. The van der Waals surface area contributed by atoms with Crippen molar-refractivity contribution in [3.8, 4) is 5.69 Å². The molecule has 6 heteroatoms. The molecule has 0 saturated heterocycles. The van der Waals surface area contributed by atoms with Crippen LogP contribution in [0.5, 0.6) is 0 Å². The standard InChI is InChI=1S/C24H23N5O/c1-17-11-9-10-16-21(17)22(30)26-24-27-23(25-18(2)19-12-5-3-6-13-19)28-29(24)20-14-7-4-8-15-20/h3-16,18H,1-2H3,(H2,25,26,27,28,30)/t18-/m0/s1. The van der Waals surface area contributed by atoms with Gasteiger partial charge in [-0.2, -0.15) is 9.67 Å². The van der Waals surface area contributed by atoms with Gasteiger partial charge < -0.3 is 5.32 Å². The normalized spacial score (nSPS) is 11.7. The summed E-state index contributed by atoms with van der Waals surface area (Å²) >= 11 is 0. The SMILES string of the molecule is Cc1ccccc1C(=O)Nc1nc(N[C@@H](C)c2ccccc2)nn1-c1ccccc1. The molecule has 150 valence electrons. The topological polar surface area (TPSA) is 71.8 Å². The molecule has 4 rings (SSSR count). The minimum atomic E-state index is -0.222. The number of aryl methyl sites for hydroxylation is 1. The van der Waals surface area contributed by atoms with Crippen LogP contribution in [0.2, 0.25) is 0 Å². The Bertz CT molecular complexity index is 1140. The van der Waals surface area contributed by atoms with E-state index in [2.05, 4.69) is 20.7 Å². The van der Waals surface area contributed by atoms with E-state index in [9.17, 15) is 4.79 Å². The quantitative estimate of drug-likeness (QED) is 0.480. The summed E-state index contributed by atoms with van der Waals surface area (Å²) in [6, 6.07) is 27.2. The number of rotatable bonds is 6. The monoisotopic (exact) mass is 397 g/mol. The molecule has 0 bridgehead atoms. The number of hydrogen-bond acceptors (Lipinski definition) is 4. The van der Waals surface area contributed by atoms with Gasteiger partial charge in [-0.1, -0.05) is 66.7 Å². The summed E-state index contributed by atoms with van der Waals surface area (Å²) in [4.78, 5) is 17.4. The average Bonchev–Trinajstić information content (AvgIpc) is 3.17. The number of carbonyl (C=O) groups excluding carboxylic acids is 1. The molecule has 6 nitrogen and oxygen atoms in total. The third-order valence-electron chi connectivity index (χ3n) is 4.87. The molecule has 0 fully saturated rings. The van der Waals surface area contributed by atoms with Crippen molar-refractivity contribution >= 4 is 17.8 Å². The number of hydrogen-bond donors (Lipinski definition) is 2. The predicted molar refractivity (Wildman–Crippen MR) is 119 cm³/mol. The van der Waals surface area contributed by atoms with Crippen molar-refractivity contribution < 1.29 is 4.79 Å². The lowest BCUT2D eigenvalue weighted by molar-refractivity contribution is 0.102. The molecule has 0 radical (unpaired) electrons. The van der Waals surface area contributed by atoms with Crippen molar-refractivity contribution in [1.29, 1.82) is 0 Å². The molecule has 3 aromatic carbocycles. The van der Waals surface area contributed by atoms with Crippen LogP contribution in [0.1, 0.15) is 34.5 Å². The van der Waals surface area contributed by atoms with E-state index >= 15 is 0 Å². The van der Waals surface area contributed by atoms with Gasteiger partial charge in [0, 0.05) is 5.56 Å². The maximum absolute atomic E-state index is 12.9. The van der Waals surface area contributed by atoms with Crippen LogP contribution in [-0.2, 0) is 0 Å². The Balaban J connectivity index is 1.65. The molecule has 0 saturated carbocycles. The van der Waals surface area contributed by atoms with Gasteiger partial charge in [-0.3, -0.25) is 10.1 Å². The summed E-state index contributed by atoms with van der Waals surface area (Å²) in [6.45, 7) is 3.95. The fourth-order valence-electron chi connectivity index (χ4n) is 3.22. The molecular weight excluding hydrogens is 374 g/mol. The first-order chi connectivity index (χ1) is 14.6. The minimum Gasteiger partial charge on any atom is -0.346 e. The van der Waals surface area contributed by atoms with Gasteiger partial charge >= 0.3 is 0 Å². The second-order valence-electron chi connectivity index (χ2n) is 7.05. The van der Waals surface area contributed by atoms with Gasteiger partial charge in [-0.15, -0.1) is 5.10 Å². The van der Waals surface area contributed by atoms with Crippen LogP contribution in [0.4, 0.5) is 11.9 Å². The van der Waals surface area contributed by atoms with Crippen LogP contribution in [0.15, 0.2) is 84.9 Å². The van der Waals surface area contributed by atoms with Crippen LogP contribution < -0.4 is 10.6 Å². The van der Waals surface area contributed by atoms with Crippen LogP contribution in [0.3, 0.4) is 0 Å². The van der Waals surface area contributed by atoms with Gasteiger partial charge in [0.05, 0.1) is 11.7 Å². The summed E-state index contributed by atoms with van der Waals surface area (Å²) in [7, 11) is 0. The number of benzene rings is 3. The Labute approximate surface area is 175 Å². The Hall–Kier alpha value is -3.93. The summed E-state index contributed by atoms with van der Waals surface area (Å²) in [6.07, 6.45) is 0. The zero-order chi connectivity index (χ0) is 20.9. The van der Waals surface area contributed by atoms with E-state index in [1.165, 1.54) is 0 Å². The number of carbonyl (C=O) groups is 1. The number of nitrogens with zero attached hydrogens (tertiary/aromatic N) is 3. The highest BCUT2D eigenvalue weighted by Crippen LogP contribution is 2.21. The van der Waals surface area contributed by atoms with E-state index in [0.717, 1.165) is 16.8 Å². The van der Waals surface area contributed by atoms with Crippen molar-refractivity contribution in [3.05, 3.63) is 102 Å². The third kappa shape index (κ3) is 4.22. The van der Waals surface area contributed by atoms with E-state index in [4.69, 9.17) is 0 Å². The number of nitrogens with one attached hydrogen (secondary N) is 2. The zero-order valence-corrected chi connectivity index (χ0v) is 16.9. The molecule has 1 amide bonds. The highest BCUT2D eigenvalue weighted by molar-refractivity contribution is 6.04. The molecule has 2 N–H and O–H groups in total. The van der Waals surface area contributed by atoms with E-state index in [1.54, 1.807) is 10.7 Å². The van der Waals surface area contributed by atoms with Gasteiger partial charge in [0.2, 0.25) is 11.9 Å². The van der Waals surface area contributed by atoms with Crippen molar-refractivity contribution in [1.82, 2.24) is 14.8 Å². The minimum absolute atomic E-state index is 0.0118. The summed E-state index contributed by atoms with van der Waals surface area (Å²) in [5.74, 6) is 0.577. The van der Waals surface area contributed by atoms with E-state index in [-0.39, 0.29) is 11.9 Å². The van der Waals surface area contributed by atoms with Crippen molar-refractivity contribution in [2.75, 3.05) is 10.6 Å². The lowest BCUT2D eigenvalue weighted by atomic mass is 10.1. The Morgan fingerprint density at radius 1 is 0.900 bits per heavy atom.